The van der Waals surface area contributed by atoms with Crippen LogP contribution in [0.3, 0.4) is 0 Å². The molecule has 0 atom stereocenters. The van der Waals surface area contributed by atoms with Crippen LogP contribution in [0, 0.1) is 6.92 Å². The predicted octanol–water partition coefficient (Wildman–Crippen LogP) is 5.17. The topological polar surface area (TPSA) is 67.3 Å². The Hall–Kier alpha value is -3.25. The molecule has 0 aliphatic carbocycles. The molecule has 5 nitrogen and oxygen atoms in total. The number of nitrogens with zero attached hydrogens (tertiary/aromatic N) is 4. The van der Waals surface area contributed by atoms with Gasteiger partial charge >= 0.3 is 0 Å². The summed E-state index contributed by atoms with van der Waals surface area (Å²) >= 11 is 1.67. The summed E-state index contributed by atoms with van der Waals surface area (Å²) in [6, 6.07) is 19.0. The van der Waals surface area contributed by atoms with E-state index in [1.807, 2.05) is 18.2 Å². The standard InChI is InChI=1S/C22H17N5S/c1-14-7-8-18-16(9-14)10-17(19(27-18)15-5-3-2-4-6-15)11-28-22-20-21(24-12-23-20)25-13-26-22/h2-10,12-13H,11H2,1H3,(H,23,24,25,26). The monoisotopic (exact) mass is 383 g/mol. The predicted molar refractivity (Wildman–Crippen MR) is 113 cm³/mol. The molecular weight excluding hydrogens is 366 g/mol. The normalized spacial score (nSPS) is 11.3. The van der Waals surface area contributed by atoms with Gasteiger partial charge in [-0.05, 0) is 30.7 Å². The van der Waals surface area contributed by atoms with Crippen LogP contribution in [0.15, 0.2) is 72.3 Å². The van der Waals surface area contributed by atoms with Crippen LogP contribution in [0.5, 0.6) is 0 Å². The van der Waals surface area contributed by atoms with Gasteiger partial charge in [-0.3, -0.25) is 0 Å². The van der Waals surface area contributed by atoms with Gasteiger partial charge in [0.05, 0.1) is 17.5 Å². The molecule has 0 amide bonds. The molecule has 5 aromatic rings. The van der Waals surface area contributed by atoms with E-state index in [-0.39, 0.29) is 0 Å². The second-order valence-corrected chi connectivity index (χ2v) is 7.59. The average molecular weight is 383 g/mol. The zero-order chi connectivity index (χ0) is 18.9. The fourth-order valence-corrected chi connectivity index (χ4v) is 4.22. The number of fused-ring (bicyclic) bond motifs is 2. The maximum absolute atomic E-state index is 4.98. The quantitative estimate of drug-likeness (QED) is 0.343. The number of aromatic nitrogens is 5. The highest BCUT2D eigenvalue weighted by molar-refractivity contribution is 7.98. The van der Waals surface area contributed by atoms with Crippen LogP contribution in [0.1, 0.15) is 11.1 Å². The third kappa shape index (κ3) is 3.12. The minimum absolute atomic E-state index is 0.688. The molecular formula is C22H17N5S. The van der Waals surface area contributed by atoms with Crippen molar-refractivity contribution in [1.29, 1.82) is 0 Å². The number of imidazole rings is 1. The van der Waals surface area contributed by atoms with Crippen molar-refractivity contribution in [2.75, 3.05) is 0 Å². The van der Waals surface area contributed by atoms with E-state index in [1.54, 1.807) is 24.4 Å². The first kappa shape index (κ1) is 16.9. The lowest BCUT2D eigenvalue weighted by Crippen LogP contribution is -1.95. The summed E-state index contributed by atoms with van der Waals surface area (Å²) in [6.07, 6.45) is 3.21. The van der Waals surface area contributed by atoms with Crippen molar-refractivity contribution in [2.45, 2.75) is 17.7 Å². The zero-order valence-corrected chi connectivity index (χ0v) is 16.1. The van der Waals surface area contributed by atoms with Gasteiger partial charge in [0.15, 0.2) is 5.65 Å². The van der Waals surface area contributed by atoms with Crippen molar-refractivity contribution in [3.63, 3.8) is 0 Å². The van der Waals surface area contributed by atoms with Gasteiger partial charge in [-0.2, -0.15) is 0 Å². The van der Waals surface area contributed by atoms with Gasteiger partial charge in [-0.25, -0.2) is 19.9 Å². The Morgan fingerprint density at radius 1 is 0.964 bits per heavy atom. The van der Waals surface area contributed by atoms with Crippen molar-refractivity contribution in [2.24, 2.45) is 0 Å². The summed E-state index contributed by atoms with van der Waals surface area (Å²) in [5, 5.41) is 2.05. The van der Waals surface area contributed by atoms with E-state index in [4.69, 9.17) is 4.98 Å². The molecule has 6 heteroatoms. The third-order valence-electron chi connectivity index (χ3n) is 4.65. The summed E-state index contributed by atoms with van der Waals surface area (Å²) < 4.78 is 0. The zero-order valence-electron chi connectivity index (χ0n) is 15.3. The maximum atomic E-state index is 4.98. The largest absolute Gasteiger partial charge is 0.341 e. The molecule has 3 heterocycles. The number of pyridine rings is 1. The molecule has 0 bridgehead atoms. The van der Waals surface area contributed by atoms with Gasteiger partial charge in [-0.1, -0.05) is 53.7 Å². The van der Waals surface area contributed by atoms with E-state index >= 15 is 0 Å². The van der Waals surface area contributed by atoms with Crippen LogP contribution in [-0.2, 0) is 5.75 Å². The Bertz CT molecular complexity index is 1280. The molecule has 0 radical (unpaired) electrons. The van der Waals surface area contributed by atoms with E-state index < -0.39 is 0 Å². The van der Waals surface area contributed by atoms with Gasteiger partial charge in [0, 0.05) is 16.7 Å². The molecule has 0 aliphatic rings. The number of aromatic amines is 1. The smallest absolute Gasteiger partial charge is 0.181 e. The van der Waals surface area contributed by atoms with E-state index in [1.165, 1.54) is 11.1 Å². The minimum Gasteiger partial charge on any atom is -0.341 e. The Morgan fingerprint density at radius 2 is 1.86 bits per heavy atom. The van der Waals surface area contributed by atoms with Crippen LogP contribution in [-0.4, -0.2) is 24.9 Å². The van der Waals surface area contributed by atoms with Gasteiger partial charge in [0.1, 0.15) is 16.9 Å². The first-order valence-electron chi connectivity index (χ1n) is 9.00. The second-order valence-electron chi connectivity index (χ2n) is 6.63. The Balaban J connectivity index is 1.59. The molecule has 2 aromatic carbocycles. The molecule has 3 aromatic heterocycles. The Morgan fingerprint density at radius 3 is 2.75 bits per heavy atom. The SMILES string of the molecule is Cc1ccc2nc(-c3ccccc3)c(CSc3ncnc4nc[nH]c34)cc2c1. The lowest BCUT2D eigenvalue weighted by molar-refractivity contribution is 1.08. The first-order valence-corrected chi connectivity index (χ1v) is 9.99. The fraction of sp³-hybridized carbons (Fsp3) is 0.0909. The molecule has 0 aliphatic heterocycles. The molecule has 136 valence electrons. The number of hydrogen-bond acceptors (Lipinski definition) is 5. The number of H-pyrrole nitrogens is 1. The van der Waals surface area contributed by atoms with Crippen molar-refractivity contribution in [3.05, 3.63) is 78.4 Å². The van der Waals surface area contributed by atoms with Crippen molar-refractivity contribution >= 4 is 33.8 Å². The highest BCUT2D eigenvalue weighted by atomic mass is 32.2. The molecule has 5 rings (SSSR count). The van der Waals surface area contributed by atoms with Crippen LogP contribution >= 0.6 is 11.8 Å². The van der Waals surface area contributed by atoms with E-state index in [0.717, 1.165) is 38.5 Å². The van der Waals surface area contributed by atoms with E-state index in [9.17, 15) is 0 Å². The molecule has 1 N–H and O–H groups in total. The first-order chi connectivity index (χ1) is 13.8. The summed E-state index contributed by atoms with van der Waals surface area (Å²) in [5.74, 6) is 0.756. The highest BCUT2D eigenvalue weighted by Crippen LogP contribution is 2.32. The Labute approximate surface area is 166 Å². The molecule has 0 fully saturated rings. The number of nitrogens with one attached hydrogen (secondary N) is 1. The number of rotatable bonds is 4. The fourth-order valence-electron chi connectivity index (χ4n) is 3.29. The van der Waals surface area contributed by atoms with Gasteiger partial charge < -0.3 is 4.98 Å². The number of aryl methyl sites for hydroxylation is 1. The molecule has 0 unspecified atom stereocenters. The molecule has 0 saturated carbocycles. The second kappa shape index (κ2) is 7.05. The average Bonchev–Trinajstić information content (AvgIpc) is 3.21. The Kier molecular flexibility index (Phi) is 4.25. The van der Waals surface area contributed by atoms with E-state index in [2.05, 4.69) is 63.3 Å². The number of thioether (sulfide) groups is 1. The van der Waals surface area contributed by atoms with Gasteiger partial charge in [-0.15, -0.1) is 0 Å². The highest BCUT2D eigenvalue weighted by Gasteiger charge is 2.12. The van der Waals surface area contributed by atoms with Crippen molar-refractivity contribution in [3.8, 4) is 11.3 Å². The van der Waals surface area contributed by atoms with Crippen LogP contribution in [0.4, 0.5) is 0 Å². The lowest BCUT2D eigenvalue weighted by Gasteiger charge is -2.11. The third-order valence-corrected chi connectivity index (χ3v) is 5.69. The molecule has 28 heavy (non-hydrogen) atoms. The minimum atomic E-state index is 0.688. The van der Waals surface area contributed by atoms with Crippen molar-refractivity contribution in [1.82, 2.24) is 24.9 Å². The summed E-state index contributed by atoms with van der Waals surface area (Å²) in [7, 11) is 0. The van der Waals surface area contributed by atoms with Crippen LogP contribution in [0.25, 0.3) is 33.3 Å². The summed E-state index contributed by atoms with van der Waals surface area (Å²) in [6.45, 7) is 2.11. The van der Waals surface area contributed by atoms with Gasteiger partial charge in [0.2, 0.25) is 0 Å². The van der Waals surface area contributed by atoms with E-state index in [0.29, 0.717) is 5.65 Å². The summed E-state index contributed by atoms with van der Waals surface area (Å²) in [5.41, 5.74) is 7.12. The number of hydrogen-bond donors (Lipinski definition) is 1. The van der Waals surface area contributed by atoms with Gasteiger partial charge in [0.25, 0.3) is 0 Å². The molecule has 0 spiro atoms. The lowest BCUT2D eigenvalue weighted by atomic mass is 10.0. The number of benzene rings is 2. The van der Waals surface area contributed by atoms with Crippen LogP contribution in [0.2, 0.25) is 0 Å². The van der Waals surface area contributed by atoms with Crippen LogP contribution < -0.4 is 0 Å². The maximum Gasteiger partial charge on any atom is 0.181 e. The molecule has 0 saturated heterocycles. The van der Waals surface area contributed by atoms with Crippen molar-refractivity contribution < 1.29 is 0 Å². The summed E-state index contributed by atoms with van der Waals surface area (Å²) in [4.78, 5) is 21.0.